The second kappa shape index (κ2) is 6.13. The van der Waals surface area contributed by atoms with Gasteiger partial charge in [-0.2, -0.15) is 0 Å². The number of benzene rings is 1. The summed E-state index contributed by atoms with van der Waals surface area (Å²) in [7, 11) is 0. The van der Waals surface area contributed by atoms with Crippen molar-refractivity contribution in [1.29, 1.82) is 0 Å². The van der Waals surface area contributed by atoms with Crippen molar-refractivity contribution in [2.45, 2.75) is 6.92 Å². The lowest BCUT2D eigenvalue weighted by Crippen LogP contribution is -2.09. The van der Waals surface area contributed by atoms with Gasteiger partial charge in [-0.15, -0.1) is 0 Å². The van der Waals surface area contributed by atoms with Gasteiger partial charge < -0.3 is 4.74 Å². The molecule has 0 radical (unpaired) electrons. The highest BCUT2D eigenvalue weighted by molar-refractivity contribution is 9.11. The van der Waals surface area contributed by atoms with Crippen LogP contribution >= 0.6 is 47.8 Å². The molecule has 1 nitrogen and oxygen atoms in total. The molecule has 0 aliphatic rings. The normalized spacial score (nSPS) is 12.6. The number of hydrogen-bond donors (Lipinski definition) is 0. The summed E-state index contributed by atoms with van der Waals surface area (Å²) in [6.45, 7) is 2.87. The van der Waals surface area contributed by atoms with Crippen molar-refractivity contribution >= 4 is 47.8 Å². The maximum absolute atomic E-state index is 5.65. The van der Waals surface area contributed by atoms with E-state index in [1.807, 2.05) is 18.2 Å². The van der Waals surface area contributed by atoms with Gasteiger partial charge in [0, 0.05) is 9.80 Å². The molecule has 1 atom stereocenters. The van der Waals surface area contributed by atoms with Crippen LogP contribution in [0.5, 0.6) is 5.75 Å². The number of hydrogen-bond acceptors (Lipinski definition) is 1. The van der Waals surface area contributed by atoms with E-state index in [2.05, 4.69) is 54.7 Å². The molecule has 0 saturated heterocycles. The Kier molecular flexibility index (Phi) is 5.49. The molecule has 1 aromatic rings. The number of alkyl halides is 1. The molecule has 0 saturated carbocycles. The average molecular weight is 387 g/mol. The molecule has 0 amide bonds. The van der Waals surface area contributed by atoms with E-state index in [0.717, 1.165) is 26.6 Å². The average Bonchev–Trinajstić information content (AvgIpc) is 2.16. The molecule has 78 valence electrons. The Balaban J connectivity index is 2.59. The van der Waals surface area contributed by atoms with Crippen LogP contribution in [0.3, 0.4) is 0 Å². The fourth-order valence-electron chi connectivity index (χ4n) is 0.869. The van der Waals surface area contributed by atoms with Gasteiger partial charge in [-0.1, -0.05) is 38.8 Å². The minimum absolute atomic E-state index is 0.519. The summed E-state index contributed by atoms with van der Waals surface area (Å²) in [4.78, 5) is 0. The first kappa shape index (κ1) is 12.5. The van der Waals surface area contributed by atoms with Crippen LogP contribution in [0.2, 0.25) is 0 Å². The van der Waals surface area contributed by atoms with Crippen LogP contribution in [0, 0.1) is 5.92 Å². The van der Waals surface area contributed by atoms with Gasteiger partial charge in [0.15, 0.2) is 0 Å². The lowest BCUT2D eigenvalue weighted by molar-refractivity contribution is 0.272. The second-order valence-corrected chi connectivity index (χ2v) is 5.56. The molecule has 4 heteroatoms. The summed E-state index contributed by atoms with van der Waals surface area (Å²) >= 11 is 10.3. The first-order valence-electron chi connectivity index (χ1n) is 4.27. The Morgan fingerprint density at radius 2 is 2.07 bits per heavy atom. The second-order valence-electron chi connectivity index (χ2n) is 3.15. The Morgan fingerprint density at radius 1 is 1.36 bits per heavy atom. The van der Waals surface area contributed by atoms with Crippen LogP contribution in [-0.2, 0) is 0 Å². The topological polar surface area (TPSA) is 9.23 Å². The van der Waals surface area contributed by atoms with E-state index in [-0.39, 0.29) is 0 Å². The van der Waals surface area contributed by atoms with Gasteiger partial charge in [-0.25, -0.2) is 0 Å². The molecular weight excluding hydrogens is 376 g/mol. The van der Waals surface area contributed by atoms with E-state index < -0.39 is 0 Å². The van der Waals surface area contributed by atoms with Crippen LogP contribution in [-0.4, -0.2) is 11.9 Å². The minimum atomic E-state index is 0.519. The molecule has 0 aromatic heterocycles. The monoisotopic (exact) mass is 384 g/mol. The van der Waals surface area contributed by atoms with Crippen molar-refractivity contribution in [2.24, 2.45) is 5.92 Å². The van der Waals surface area contributed by atoms with Gasteiger partial charge in [-0.05, 0) is 40.0 Å². The van der Waals surface area contributed by atoms with Crippen molar-refractivity contribution in [2.75, 3.05) is 11.9 Å². The Labute approximate surface area is 110 Å². The number of halogens is 3. The lowest BCUT2D eigenvalue weighted by Gasteiger charge is -2.11. The van der Waals surface area contributed by atoms with Crippen molar-refractivity contribution in [1.82, 2.24) is 0 Å². The highest BCUT2D eigenvalue weighted by Crippen LogP contribution is 2.28. The van der Waals surface area contributed by atoms with Crippen LogP contribution in [0.1, 0.15) is 6.92 Å². The molecule has 14 heavy (non-hydrogen) atoms. The van der Waals surface area contributed by atoms with E-state index in [9.17, 15) is 0 Å². The minimum Gasteiger partial charge on any atom is -0.492 e. The van der Waals surface area contributed by atoms with Crippen molar-refractivity contribution in [3.8, 4) is 5.75 Å². The first-order valence-corrected chi connectivity index (χ1v) is 6.98. The molecule has 0 heterocycles. The summed E-state index contributed by atoms with van der Waals surface area (Å²) in [5.74, 6) is 1.41. The van der Waals surface area contributed by atoms with Crippen molar-refractivity contribution < 1.29 is 4.74 Å². The van der Waals surface area contributed by atoms with Gasteiger partial charge in [0.25, 0.3) is 0 Å². The molecule has 1 unspecified atom stereocenters. The maximum atomic E-state index is 5.65. The fourth-order valence-corrected chi connectivity index (χ4v) is 2.22. The third kappa shape index (κ3) is 3.91. The van der Waals surface area contributed by atoms with E-state index in [4.69, 9.17) is 4.74 Å². The zero-order chi connectivity index (χ0) is 10.6. The third-order valence-corrected chi connectivity index (χ3v) is 3.90. The fraction of sp³-hybridized carbons (Fsp3) is 0.400. The molecule has 0 N–H and O–H groups in total. The van der Waals surface area contributed by atoms with Gasteiger partial charge in [0.05, 0.1) is 11.1 Å². The van der Waals surface area contributed by atoms with E-state index in [0.29, 0.717) is 5.92 Å². The van der Waals surface area contributed by atoms with Crippen molar-refractivity contribution in [3.05, 3.63) is 27.1 Å². The number of rotatable bonds is 4. The molecule has 0 bridgehead atoms. The van der Waals surface area contributed by atoms with Crippen LogP contribution in [0.25, 0.3) is 0 Å². The maximum Gasteiger partial charge on any atom is 0.133 e. The van der Waals surface area contributed by atoms with E-state index in [1.54, 1.807) is 0 Å². The predicted octanol–water partition coefficient (Wildman–Crippen LogP) is 4.62. The summed E-state index contributed by atoms with van der Waals surface area (Å²) in [5, 5.41) is 0.959. The molecule has 0 aliphatic carbocycles. The number of ether oxygens (including phenoxy) is 1. The SMILES string of the molecule is CC(CBr)COc1ccc(Br)cc1Br. The van der Waals surface area contributed by atoms with Crippen LogP contribution in [0.15, 0.2) is 27.1 Å². The molecule has 1 aromatic carbocycles. The lowest BCUT2D eigenvalue weighted by atomic mass is 10.2. The summed E-state index contributed by atoms with van der Waals surface area (Å²) in [6, 6.07) is 5.90. The summed E-state index contributed by atoms with van der Waals surface area (Å²) < 4.78 is 7.67. The van der Waals surface area contributed by atoms with Gasteiger partial charge >= 0.3 is 0 Å². The third-order valence-electron chi connectivity index (χ3n) is 1.68. The van der Waals surface area contributed by atoms with Crippen LogP contribution in [0.4, 0.5) is 0 Å². The standard InChI is InChI=1S/C10H11Br3O/c1-7(5-11)6-14-10-3-2-8(12)4-9(10)13/h2-4,7H,5-6H2,1H3. The highest BCUT2D eigenvalue weighted by Gasteiger charge is 2.04. The Bertz CT molecular complexity index is 301. The summed E-state index contributed by atoms with van der Waals surface area (Å²) in [5.41, 5.74) is 0. The molecule has 1 rings (SSSR count). The zero-order valence-electron chi connectivity index (χ0n) is 7.77. The van der Waals surface area contributed by atoms with Gasteiger partial charge in [0.2, 0.25) is 0 Å². The quantitative estimate of drug-likeness (QED) is 0.686. The van der Waals surface area contributed by atoms with Crippen LogP contribution < -0.4 is 4.74 Å². The Morgan fingerprint density at radius 3 is 2.64 bits per heavy atom. The predicted molar refractivity (Wildman–Crippen MR) is 70.3 cm³/mol. The Hall–Kier alpha value is 0.460. The van der Waals surface area contributed by atoms with E-state index >= 15 is 0 Å². The smallest absolute Gasteiger partial charge is 0.133 e. The molecule has 0 fully saturated rings. The van der Waals surface area contributed by atoms with Crippen molar-refractivity contribution in [3.63, 3.8) is 0 Å². The van der Waals surface area contributed by atoms with E-state index in [1.165, 1.54) is 0 Å². The molecule has 0 spiro atoms. The van der Waals surface area contributed by atoms with Gasteiger partial charge in [-0.3, -0.25) is 0 Å². The van der Waals surface area contributed by atoms with Gasteiger partial charge in [0.1, 0.15) is 5.75 Å². The largest absolute Gasteiger partial charge is 0.492 e. The molecule has 0 aliphatic heterocycles. The zero-order valence-corrected chi connectivity index (χ0v) is 12.5. The highest BCUT2D eigenvalue weighted by atomic mass is 79.9. The summed E-state index contributed by atoms with van der Waals surface area (Å²) in [6.07, 6.45) is 0. The molecular formula is C10H11Br3O. The first-order chi connectivity index (χ1) is 6.63.